The summed E-state index contributed by atoms with van der Waals surface area (Å²) in [7, 11) is 0. The van der Waals surface area contributed by atoms with Crippen molar-refractivity contribution < 1.29 is 0 Å². The second-order valence-electron chi connectivity index (χ2n) is 27.5. The van der Waals surface area contributed by atoms with Crippen LogP contribution in [0, 0.1) is 6.92 Å². The van der Waals surface area contributed by atoms with Crippen LogP contribution in [0.4, 0.5) is 34.1 Å². The quantitative estimate of drug-likeness (QED) is 0.162. The van der Waals surface area contributed by atoms with Gasteiger partial charge in [-0.2, -0.15) is 0 Å². The molecule has 3 heterocycles. The molecule has 2 aliphatic heterocycles. The number of hydrogen-bond acceptors (Lipinski definition) is 3. The highest BCUT2D eigenvalue weighted by atomic mass is 32.1. The lowest BCUT2D eigenvalue weighted by Crippen LogP contribution is -2.60. The van der Waals surface area contributed by atoms with E-state index >= 15 is 0 Å². The van der Waals surface area contributed by atoms with Crippen LogP contribution in [-0.2, 0) is 32.5 Å². The summed E-state index contributed by atoms with van der Waals surface area (Å²) < 4.78 is 2.76. The zero-order valence-corrected chi connectivity index (χ0v) is 47.8. The minimum absolute atomic E-state index is 0.00239. The van der Waals surface area contributed by atoms with Crippen molar-refractivity contribution in [2.75, 3.05) is 9.80 Å². The first-order chi connectivity index (χ1) is 34.1. The van der Waals surface area contributed by atoms with Crippen LogP contribution in [-0.4, -0.2) is 6.71 Å². The van der Waals surface area contributed by atoms with Crippen LogP contribution in [0.3, 0.4) is 0 Å². The maximum absolute atomic E-state index is 2.72. The molecule has 372 valence electrons. The molecule has 4 heteroatoms. The fourth-order valence-electron chi connectivity index (χ4n) is 12.3. The highest BCUT2D eigenvalue weighted by Crippen LogP contribution is 2.54. The van der Waals surface area contributed by atoms with E-state index in [0.717, 1.165) is 6.42 Å². The lowest BCUT2D eigenvalue weighted by atomic mass is 9.36. The summed E-state index contributed by atoms with van der Waals surface area (Å²) in [6.07, 6.45) is 2.35. The first-order valence-corrected chi connectivity index (χ1v) is 27.9. The summed E-state index contributed by atoms with van der Waals surface area (Å²) in [6, 6.07) is 53.3. The lowest BCUT2D eigenvalue weighted by molar-refractivity contribution is 0.332. The predicted octanol–water partition coefficient (Wildman–Crippen LogP) is 18.2. The molecule has 0 saturated carbocycles. The summed E-state index contributed by atoms with van der Waals surface area (Å²) in [5.41, 5.74) is 25.0. The Balaban J connectivity index is 1.30. The van der Waals surface area contributed by atoms with Crippen molar-refractivity contribution in [1.29, 1.82) is 0 Å². The first-order valence-electron chi connectivity index (χ1n) is 27.1. The van der Waals surface area contributed by atoms with Gasteiger partial charge in [0.05, 0.1) is 11.4 Å². The third kappa shape index (κ3) is 8.21. The number of thiophene rings is 1. The Morgan fingerprint density at radius 1 is 0.466 bits per heavy atom. The van der Waals surface area contributed by atoms with Gasteiger partial charge in [0.1, 0.15) is 0 Å². The van der Waals surface area contributed by atoms with Gasteiger partial charge in [0, 0.05) is 43.2 Å². The number of fused-ring (bicyclic) bond motifs is 7. The summed E-state index contributed by atoms with van der Waals surface area (Å²) in [5.74, 6) is 0. The van der Waals surface area contributed by atoms with Crippen LogP contribution in [0.25, 0.3) is 32.3 Å². The monoisotopic (exact) mass is 977 g/mol. The Morgan fingerprint density at radius 3 is 1.64 bits per heavy atom. The lowest BCUT2D eigenvalue weighted by Gasteiger charge is -2.45. The Morgan fingerprint density at radius 2 is 1.01 bits per heavy atom. The van der Waals surface area contributed by atoms with Gasteiger partial charge in [0.15, 0.2) is 0 Å². The highest BCUT2D eigenvalue weighted by Gasteiger charge is 2.47. The fraction of sp³-hybridized carbons (Fsp3) is 0.362. The number of aryl methyl sites for hydroxylation is 1. The molecule has 73 heavy (non-hydrogen) atoms. The second kappa shape index (κ2) is 16.6. The molecule has 0 unspecified atom stereocenters. The van der Waals surface area contributed by atoms with E-state index in [9.17, 15) is 0 Å². The number of benzene rings is 7. The van der Waals surface area contributed by atoms with Crippen molar-refractivity contribution in [3.05, 3.63) is 172 Å². The molecule has 7 aromatic carbocycles. The summed E-state index contributed by atoms with van der Waals surface area (Å²) in [4.78, 5) is 5.40. The van der Waals surface area contributed by atoms with Gasteiger partial charge in [-0.1, -0.05) is 190 Å². The van der Waals surface area contributed by atoms with Gasteiger partial charge in [-0.05, 0) is 173 Å². The van der Waals surface area contributed by atoms with Crippen LogP contribution >= 0.6 is 11.3 Å². The molecule has 0 N–H and O–H groups in total. The van der Waals surface area contributed by atoms with E-state index in [2.05, 4.69) is 261 Å². The molecule has 0 saturated heterocycles. The summed E-state index contributed by atoms with van der Waals surface area (Å²) in [6.45, 7) is 40.3. The van der Waals surface area contributed by atoms with Gasteiger partial charge in [-0.25, -0.2) is 0 Å². The van der Waals surface area contributed by atoms with Crippen molar-refractivity contribution in [3.8, 4) is 22.3 Å². The van der Waals surface area contributed by atoms with Crippen molar-refractivity contribution in [2.45, 2.75) is 163 Å². The Hall–Kier alpha value is -5.84. The fourth-order valence-corrected chi connectivity index (χ4v) is 13.6. The molecule has 0 fully saturated rings. The van der Waals surface area contributed by atoms with Crippen molar-refractivity contribution in [3.63, 3.8) is 0 Å². The van der Waals surface area contributed by atoms with Crippen molar-refractivity contribution in [1.82, 2.24) is 0 Å². The van der Waals surface area contributed by atoms with Gasteiger partial charge in [0.25, 0.3) is 6.71 Å². The molecule has 0 amide bonds. The smallest absolute Gasteiger partial charge is 0.264 e. The van der Waals surface area contributed by atoms with E-state index in [0.29, 0.717) is 0 Å². The molecular formula is C69H77BN2S. The van der Waals surface area contributed by atoms with Crippen LogP contribution < -0.4 is 25.5 Å². The average Bonchev–Trinajstić information content (AvgIpc) is 3.70. The van der Waals surface area contributed by atoms with E-state index in [1.54, 1.807) is 0 Å². The first kappa shape index (κ1) is 49.4. The Bertz CT molecular complexity index is 3520. The van der Waals surface area contributed by atoms with Crippen molar-refractivity contribution in [2.24, 2.45) is 0 Å². The molecule has 0 atom stereocenters. The third-order valence-corrected chi connectivity index (χ3v) is 18.3. The maximum Gasteiger partial charge on any atom is 0.264 e. The molecule has 1 aromatic heterocycles. The average molecular weight is 977 g/mol. The standard InChI is InChI=1S/C69H77BN2S/c1-42-20-18-19-21-50(42)44-36-58-61-59(37-44)72(56-31-26-46(65(5,6)7)38-51(56)43-22-24-45(25-23-43)64(2,3)4)57-32-27-48(67(11,12)13)40-55(57)70(61)63-62(52-39-47(66(8,9)10)28-33-60(52)73-63)71(58)49-29-30-53-54(41-49)69(16,17)35-34-68(53,14)15/h18-33,36-41H,34-35H2,1-17H3. The third-order valence-electron chi connectivity index (χ3n) is 17.1. The van der Waals surface area contributed by atoms with Gasteiger partial charge >= 0.3 is 0 Å². The van der Waals surface area contributed by atoms with E-state index in [1.807, 2.05) is 11.3 Å². The van der Waals surface area contributed by atoms with E-state index in [-0.39, 0.29) is 39.2 Å². The Labute approximate surface area is 443 Å². The Kier molecular flexibility index (Phi) is 11.2. The summed E-state index contributed by atoms with van der Waals surface area (Å²) in [5, 5.41) is 1.34. The molecule has 2 nitrogen and oxygen atoms in total. The van der Waals surface area contributed by atoms with E-state index in [1.165, 1.54) is 128 Å². The summed E-state index contributed by atoms with van der Waals surface area (Å²) >= 11 is 2.01. The molecule has 0 radical (unpaired) electrons. The van der Waals surface area contributed by atoms with Crippen LogP contribution in [0.2, 0.25) is 0 Å². The number of nitrogens with zero attached hydrogens (tertiary/aromatic N) is 2. The number of anilines is 6. The highest BCUT2D eigenvalue weighted by molar-refractivity contribution is 7.33. The number of hydrogen-bond donors (Lipinski definition) is 0. The van der Waals surface area contributed by atoms with Crippen LogP contribution in [0.5, 0.6) is 0 Å². The topological polar surface area (TPSA) is 6.48 Å². The van der Waals surface area contributed by atoms with Gasteiger partial charge in [-0.15, -0.1) is 11.3 Å². The van der Waals surface area contributed by atoms with Gasteiger partial charge < -0.3 is 9.80 Å². The zero-order chi connectivity index (χ0) is 52.1. The molecular weight excluding hydrogens is 900 g/mol. The van der Waals surface area contributed by atoms with Crippen LogP contribution in [0.1, 0.15) is 163 Å². The van der Waals surface area contributed by atoms with E-state index < -0.39 is 0 Å². The SMILES string of the molecule is Cc1ccccc1-c1cc2c3c(c1)N(c1ccc4c(c1)C(C)(C)CCC4(C)C)c1c(sc4ccc(C(C)(C)C)cc14)B3c1cc(C(C)(C)C)ccc1N2c1ccc(C(C)(C)C)cc1-c1ccc(C(C)(C)C)cc1. The predicted molar refractivity (Wildman–Crippen MR) is 322 cm³/mol. The largest absolute Gasteiger partial charge is 0.311 e. The normalized spacial score (nSPS) is 16.0. The van der Waals surface area contributed by atoms with Gasteiger partial charge in [-0.3, -0.25) is 0 Å². The number of rotatable bonds is 4. The molecule has 1 aliphatic carbocycles. The molecule has 8 aromatic rings. The minimum Gasteiger partial charge on any atom is -0.311 e. The van der Waals surface area contributed by atoms with Crippen molar-refractivity contribution >= 4 is 78.0 Å². The molecule has 0 spiro atoms. The molecule has 11 rings (SSSR count). The van der Waals surface area contributed by atoms with E-state index in [4.69, 9.17) is 0 Å². The molecule has 0 bridgehead atoms. The molecule has 3 aliphatic rings. The maximum atomic E-state index is 2.72. The zero-order valence-electron chi connectivity index (χ0n) is 47.0. The van der Waals surface area contributed by atoms with Gasteiger partial charge in [0.2, 0.25) is 0 Å². The minimum atomic E-state index is -0.0546. The van der Waals surface area contributed by atoms with Crippen LogP contribution in [0.15, 0.2) is 133 Å². The second-order valence-corrected chi connectivity index (χ2v) is 28.5.